The zero-order valence-electron chi connectivity index (χ0n) is 18.0. The van der Waals surface area contributed by atoms with Crippen LogP contribution in [0.5, 0.6) is 11.5 Å². The molecule has 2 aliphatic heterocycles. The maximum absolute atomic E-state index is 13.2. The van der Waals surface area contributed by atoms with Crippen LogP contribution >= 0.6 is 0 Å². The lowest BCUT2D eigenvalue weighted by molar-refractivity contribution is -0.157. The third kappa shape index (κ3) is 3.37. The molecule has 8 heteroatoms. The van der Waals surface area contributed by atoms with Crippen molar-refractivity contribution >= 4 is 28.9 Å². The first-order valence-electron chi connectivity index (χ1n) is 10.6. The van der Waals surface area contributed by atoms with E-state index in [0.29, 0.717) is 31.1 Å². The van der Waals surface area contributed by atoms with Crippen LogP contribution in [0.2, 0.25) is 0 Å². The van der Waals surface area contributed by atoms with E-state index in [1.807, 2.05) is 37.3 Å². The normalized spacial score (nSPS) is 18.2. The van der Waals surface area contributed by atoms with Crippen LogP contribution in [0.15, 0.2) is 47.6 Å². The molecule has 164 valence electrons. The van der Waals surface area contributed by atoms with Crippen LogP contribution in [0.3, 0.4) is 0 Å². The van der Waals surface area contributed by atoms with Gasteiger partial charge in [-0.2, -0.15) is 5.10 Å². The Kier molecular flexibility index (Phi) is 5.05. The van der Waals surface area contributed by atoms with Crippen molar-refractivity contribution in [2.24, 2.45) is 5.10 Å². The van der Waals surface area contributed by atoms with Crippen molar-refractivity contribution in [2.75, 3.05) is 20.3 Å². The van der Waals surface area contributed by atoms with Crippen molar-refractivity contribution in [3.8, 4) is 11.5 Å². The minimum Gasteiger partial charge on any atom is -0.493 e. The van der Waals surface area contributed by atoms with E-state index in [1.165, 1.54) is 5.01 Å². The summed E-state index contributed by atoms with van der Waals surface area (Å²) in [5, 5.41) is 6.71. The van der Waals surface area contributed by atoms with Crippen molar-refractivity contribution in [2.45, 2.75) is 25.9 Å². The molecular weight excluding hydrogens is 408 g/mol. The number of hydrogen-bond donors (Lipinski definition) is 1. The Hall–Kier alpha value is -3.81. The molecule has 8 nitrogen and oxygen atoms in total. The summed E-state index contributed by atoms with van der Waals surface area (Å²) in [5.41, 5.74) is 3.87. The van der Waals surface area contributed by atoms with Crippen molar-refractivity contribution in [1.29, 1.82) is 0 Å². The standard InChI is InChI=1S/C24H24N4O4/c1-3-32-21-9-8-15(10-22(21)31-2)12-25-28-14-23(29)27-13-19-17(11-20(27)24(28)30)16-6-4-5-7-18(16)26-19/h4-10,12,20,26H,3,11,13-14H2,1-2H3. The molecule has 0 aliphatic carbocycles. The number of fused-ring (bicyclic) bond motifs is 4. The number of rotatable bonds is 5. The molecule has 32 heavy (non-hydrogen) atoms. The van der Waals surface area contributed by atoms with Gasteiger partial charge in [0.15, 0.2) is 11.5 Å². The van der Waals surface area contributed by atoms with Gasteiger partial charge in [-0.15, -0.1) is 0 Å². The highest BCUT2D eigenvalue weighted by atomic mass is 16.5. The Bertz CT molecular complexity index is 1230. The van der Waals surface area contributed by atoms with Gasteiger partial charge in [0.2, 0.25) is 5.91 Å². The fourth-order valence-corrected chi connectivity index (χ4v) is 4.43. The summed E-state index contributed by atoms with van der Waals surface area (Å²) in [4.78, 5) is 31.1. The van der Waals surface area contributed by atoms with Gasteiger partial charge in [0, 0.05) is 23.0 Å². The van der Waals surface area contributed by atoms with Gasteiger partial charge in [0.25, 0.3) is 5.91 Å². The lowest BCUT2D eigenvalue weighted by Crippen LogP contribution is -2.60. The van der Waals surface area contributed by atoms with Crippen molar-refractivity contribution in [3.63, 3.8) is 0 Å². The molecule has 1 fully saturated rings. The molecule has 2 aromatic carbocycles. The minimum atomic E-state index is -0.546. The summed E-state index contributed by atoms with van der Waals surface area (Å²) >= 11 is 0. The number of piperazine rings is 1. The van der Waals surface area contributed by atoms with E-state index in [2.05, 4.69) is 10.1 Å². The average molecular weight is 432 g/mol. The molecule has 3 aromatic rings. The fourth-order valence-electron chi connectivity index (χ4n) is 4.43. The largest absolute Gasteiger partial charge is 0.493 e. The van der Waals surface area contributed by atoms with Crippen LogP contribution in [0.25, 0.3) is 10.9 Å². The lowest BCUT2D eigenvalue weighted by atomic mass is 9.94. The second-order valence-corrected chi connectivity index (χ2v) is 7.85. The van der Waals surface area contributed by atoms with E-state index in [9.17, 15) is 9.59 Å². The molecule has 0 radical (unpaired) electrons. The number of aromatic nitrogens is 1. The van der Waals surface area contributed by atoms with E-state index in [-0.39, 0.29) is 18.4 Å². The number of methoxy groups -OCH3 is 1. The minimum absolute atomic E-state index is 0.0738. The molecule has 0 spiro atoms. The number of H-pyrrole nitrogens is 1. The number of amides is 2. The molecule has 0 saturated carbocycles. The summed E-state index contributed by atoms with van der Waals surface area (Å²) < 4.78 is 10.9. The lowest BCUT2D eigenvalue weighted by Gasteiger charge is -2.40. The van der Waals surface area contributed by atoms with Crippen molar-refractivity contribution in [3.05, 3.63) is 59.3 Å². The molecule has 1 saturated heterocycles. The number of carbonyl (C=O) groups excluding carboxylic acids is 2. The number of para-hydroxylation sites is 1. The van der Waals surface area contributed by atoms with Crippen molar-refractivity contribution < 1.29 is 19.1 Å². The zero-order chi connectivity index (χ0) is 22.2. The van der Waals surface area contributed by atoms with Gasteiger partial charge in [-0.1, -0.05) is 18.2 Å². The van der Waals surface area contributed by atoms with Crippen LogP contribution in [0.4, 0.5) is 0 Å². The monoisotopic (exact) mass is 432 g/mol. The molecule has 3 heterocycles. The van der Waals surface area contributed by atoms with Gasteiger partial charge >= 0.3 is 0 Å². The third-order valence-electron chi connectivity index (χ3n) is 5.98. The number of hydrogen-bond acceptors (Lipinski definition) is 5. The van der Waals surface area contributed by atoms with E-state index in [1.54, 1.807) is 30.4 Å². The van der Waals surface area contributed by atoms with E-state index >= 15 is 0 Å². The number of ether oxygens (including phenoxy) is 2. The van der Waals surface area contributed by atoms with Gasteiger partial charge in [-0.3, -0.25) is 9.59 Å². The summed E-state index contributed by atoms with van der Waals surface area (Å²) in [6.07, 6.45) is 2.05. The quantitative estimate of drug-likeness (QED) is 0.628. The smallest absolute Gasteiger partial charge is 0.266 e. The van der Waals surface area contributed by atoms with Crippen LogP contribution in [0, 0.1) is 0 Å². The SMILES string of the molecule is CCOc1ccc(C=NN2CC(=O)N3Cc4[nH]c5ccccc5c4CC3C2=O)cc1OC. The molecule has 1 aromatic heterocycles. The Morgan fingerprint density at radius 3 is 2.81 bits per heavy atom. The molecule has 1 unspecified atom stereocenters. The fraction of sp³-hybridized carbons (Fsp3) is 0.292. The first kappa shape index (κ1) is 20.1. The maximum atomic E-state index is 13.2. The molecule has 1 atom stereocenters. The highest BCUT2D eigenvalue weighted by molar-refractivity contribution is 5.97. The van der Waals surface area contributed by atoms with Gasteiger partial charge in [-0.05, 0) is 42.3 Å². The second kappa shape index (κ2) is 8.03. The van der Waals surface area contributed by atoms with Crippen LogP contribution in [-0.4, -0.2) is 59.2 Å². The number of nitrogens with zero attached hydrogens (tertiary/aromatic N) is 3. The number of aromatic amines is 1. The molecule has 1 N–H and O–H groups in total. The van der Waals surface area contributed by atoms with Gasteiger partial charge < -0.3 is 19.4 Å². The van der Waals surface area contributed by atoms with Crippen LogP contribution in [0.1, 0.15) is 23.7 Å². The first-order valence-corrected chi connectivity index (χ1v) is 10.6. The first-order chi connectivity index (χ1) is 15.6. The molecule has 2 amide bonds. The number of carbonyl (C=O) groups is 2. The molecule has 0 bridgehead atoms. The Morgan fingerprint density at radius 1 is 1.16 bits per heavy atom. The predicted molar refractivity (Wildman–Crippen MR) is 120 cm³/mol. The van der Waals surface area contributed by atoms with E-state index in [4.69, 9.17) is 9.47 Å². The third-order valence-corrected chi connectivity index (χ3v) is 5.98. The number of hydrazone groups is 1. The maximum Gasteiger partial charge on any atom is 0.266 e. The summed E-state index contributed by atoms with van der Waals surface area (Å²) in [5.74, 6) is 0.945. The van der Waals surface area contributed by atoms with Gasteiger partial charge in [0.05, 0.1) is 26.5 Å². The molecule has 2 aliphatic rings. The van der Waals surface area contributed by atoms with Crippen LogP contribution in [-0.2, 0) is 22.6 Å². The Labute approximate surface area is 185 Å². The summed E-state index contributed by atoms with van der Waals surface area (Å²) in [6.45, 7) is 2.77. The zero-order valence-corrected chi connectivity index (χ0v) is 18.0. The van der Waals surface area contributed by atoms with Crippen LogP contribution < -0.4 is 9.47 Å². The highest BCUT2D eigenvalue weighted by Gasteiger charge is 2.43. The van der Waals surface area contributed by atoms with E-state index in [0.717, 1.165) is 27.7 Å². The topological polar surface area (TPSA) is 87.2 Å². The predicted octanol–water partition coefficient (Wildman–Crippen LogP) is 2.70. The number of benzene rings is 2. The summed E-state index contributed by atoms with van der Waals surface area (Å²) in [7, 11) is 1.57. The molecular formula is C24H24N4O4. The second-order valence-electron chi connectivity index (χ2n) is 7.85. The summed E-state index contributed by atoms with van der Waals surface area (Å²) in [6, 6.07) is 12.9. The Morgan fingerprint density at radius 2 is 2.00 bits per heavy atom. The van der Waals surface area contributed by atoms with Crippen molar-refractivity contribution in [1.82, 2.24) is 14.9 Å². The van der Waals surface area contributed by atoms with Gasteiger partial charge in [0.1, 0.15) is 12.6 Å². The number of nitrogens with one attached hydrogen (secondary N) is 1. The van der Waals surface area contributed by atoms with E-state index < -0.39 is 6.04 Å². The highest BCUT2D eigenvalue weighted by Crippen LogP contribution is 2.32. The average Bonchev–Trinajstić information content (AvgIpc) is 3.18. The Balaban J connectivity index is 1.39. The van der Waals surface area contributed by atoms with Gasteiger partial charge in [-0.25, -0.2) is 5.01 Å². The molecule has 5 rings (SSSR count).